The van der Waals surface area contributed by atoms with Crippen LogP contribution in [0.3, 0.4) is 0 Å². The van der Waals surface area contributed by atoms with Crippen LogP contribution in [0.4, 0.5) is 11.4 Å². The summed E-state index contributed by atoms with van der Waals surface area (Å²) in [5, 5.41) is 15.0. The van der Waals surface area contributed by atoms with Gasteiger partial charge in [0, 0.05) is 23.1 Å². The van der Waals surface area contributed by atoms with Gasteiger partial charge in [-0.2, -0.15) is 10.2 Å². The Morgan fingerprint density at radius 3 is 2.42 bits per heavy atom. The third-order valence-corrected chi connectivity index (χ3v) is 7.74. The van der Waals surface area contributed by atoms with Gasteiger partial charge in [-0.25, -0.2) is 10.0 Å². The van der Waals surface area contributed by atoms with E-state index < -0.39 is 4.99 Å². The summed E-state index contributed by atoms with van der Waals surface area (Å²) in [5.41, 5.74) is 5.71. The molecular formula is C26H23ClN4OS. The fourth-order valence-electron chi connectivity index (χ4n) is 4.28. The molecule has 2 aliphatic heterocycles. The van der Waals surface area contributed by atoms with Crippen LogP contribution in [0.25, 0.3) is 0 Å². The number of hydrogen-bond acceptors (Lipinski definition) is 6. The summed E-state index contributed by atoms with van der Waals surface area (Å²) >= 11 is 7.95. The van der Waals surface area contributed by atoms with Crippen LogP contribution in [-0.2, 0) is 9.79 Å². The Kier molecular flexibility index (Phi) is 5.51. The number of Topliss-reactive ketones (excluding diaryl/α,β-unsaturated/α-hetero) is 1. The van der Waals surface area contributed by atoms with Gasteiger partial charge in [0.25, 0.3) is 0 Å². The summed E-state index contributed by atoms with van der Waals surface area (Å²) in [7, 11) is 0. The maximum atomic E-state index is 12.6. The molecule has 0 aliphatic carbocycles. The van der Waals surface area contributed by atoms with Gasteiger partial charge in [-0.1, -0.05) is 67.1 Å². The molecule has 3 aromatic rings. The third-order valence-electron chi connectivity index (χ3n) is 5.92. The number of fused-ring (bicyclic) bond motifs is 2. The van der Waals surface area contributed by atoms with Gasteiger partial charge in [-0.3, -0.25) is 4.79 Å². The first-order chi connectivity index (χ1) is 16.0. The number of anilines is 2. The maximum absolute atomic E-state index is 12.6. The smallest absolute Gasteiger partial charge is 0.234 e. The Morgan fingerprint density at radius 2 is 1.70 bits per heavy atom. The number of benzene rings is 3. The molecule has 5 nitrogen and oxygen atoms in total. The van der Waals surface area contributed by atoms with Crippen molar-refractivity contribution < 1.29 is 4.79 Å². The van der Waals surface area contributed by atoms with Crippen molar-refractivity contribution in [1.82, 2.24) is 0 Å². The number of carbonyl (C=O) groups is 1. The predicted octanol–water partition coefficient (Wildman–Crippen LogP) is 6.55. The van der Waals surface area contributed by atoms with E-state index in [1.807, 2.05) is 77.6 Å². The highest BCUT2D eigenvalue weighted by Gasteiger charge is 2.55. The summed E-state index contributed by atoms with van der Waals surface area (Å²) in [5.74, 6) is -0.0858. The molecule has 0 bridgehead atoms. The molecule has 0 saturated carbocycles. The zero-order valence-corrected chi connectivity index (χ0v) is 20.2. The molecule has 0 unspecified atom stereocenters. The van der Waals surface area contributed by atoms with Gasteiger partial charge in [0.15, 0.2) is 10.8 Å². The van der Waals surface area contributed by atoms with Crippen molar-refractivity contribution in [3.63, 3.8) is 0 Å². The number of hydrazone groups is 2. The van der Waals surface area contributed by atoms with Gasteiger partial charge in [-0.15, -0.1) is 0 Å². The Hall–Kier alpha value is -3.09. The van der Waals surface area contributed by atoms with Gasteiger partial charge in [0.2, 0.25) is 4.99 Å². The molecule has 1 spiro atoms. The average molecular weight is 475 g/mol. The summed E-state index contributed by atoms with van der Waals surface area (Å²) in [6, 6.07) is 24.0. The zero-order chi connectivity index (χ0) is 23.2. The van der Waals surface area contributed by atoms with Crippen molar-refractivity contribution in [3.05, 3.63) is 94.5 Å². The first-order valence-corrected chi connectivity index (χ1v) is 12.0. The van der Waals surface area contributed by atoms with Crippen molar-refractivity contribution in [2.24, 2.45) is 10.2 Å². The molecule has 3 aromatic carbocycles. The number of para-hydroxylation sites is 1. The second kappa shape index (κ2) is 8.36. The fourth-order valence-corrected chi connectivity index (χ4v) is 5.73. The highest BCUT2D eigenvalue weighted by atomic mass is 35.5. The van der Waals surface area contributed by atoms with Gasteiger partial charge in [-0.05, 0) is 54.9 Å². The largest absolute Gasteiger partial charge is 0.292 e. The van der Waals surface area contributed by atoms with Gasteiger partial charge < -0.3 is 0 Å². The molecule has 166 valence electrons. The van der Waals surface area contributed by atoms with E-state index in [9.17, 15) is 4.79 Å². The Bertz CT molecular complexity index is 1310. The molecule has 2 heterocycles. The minimum Gasteiger partial charge on any atom is -0.292 e. The highest BCUT2D eigenvalue weighted by molar-refractivity contribution is 8.17. The lowest BCUT2D eigenvalue weighted by atomic mass is 9.96. The van der Waals surface area contributed by atoms with Crippen molar-refractivity contribution in [2.45, 2.75) is 32.2 Å². The van der Waals surface area contributed by atoms with E-state index in [4.69, 9.17) is 21.8 Å². The molecule has 33 heavy (non-hydrogen) atoms. The van der Waals surface area contributed by atoms with Gasteiger partial charge in [0.05, 0.1) is 17.1 Å². The van der Waals surface area contributed by atoms with Crippen LogP contribution in [0.5, 0.6) is 0 Å². The summed E-state index contributed by atoms with van der Waals surface area (Å²) < 4.78 is 0. The van der Waals surface area contributed by atoms with Crippen LogP contribution in [0, 0.1) is 6.92 Å². The maximum Gasteiger partial charge on any atom is 0.234 e. The van der Waals surface area contributed by atoms with Crippen LogP contribution < -0.4 is 10.0 Å². The van der Waals surface area contributed by atoms with Crippen molar-refractivity contribution in [3.8, 4) is 0 Å². The lowest BCUT2D eigenvalue weighted by Gasteiger charge is -2.47. The SMILES string of the molecule is CCC1=NN(c2ccccc2)[C@@]2(SC(C(C)=O)=NN2c2cccc(Cl)c2C)c2ccccc21. The molecule has 0 saturated heterocycles. The lowest BCUT2D eigenvalue weighted by molar-refractivity contribution is -0.110. The molecule has 0 aromatic heterocycles. The van der Waals surface area contributed by atoms with Crippen molar-refractivity contribution >= 4 is 51.3 Å². The van der Waals surface area contributed by atoms with Crippen LogP contribution in [-0.4, -0.2) is 16.5 Å². The van der Waals surface area contributed by atoms with E-state index >= 15 is 0 Å². The number of thioether (sulfide) groups is 1. The topological polar surface area (TPSA) is 48.3 Å². The standard InChI is InChI=1S/C26H23ClN4OS/c1-4-23-20-13-8-9-14-21(20)26(30(28-23)19-11-6-5-7-12-19)31(29-25(33-26)18(3)32)24-16-10-15-22(27)17(24)2/h5-16H,4H2,1-3H3/t26-/m0/s1. The van der Waals surface area contributed by atoms with Crippen LogP contribution >= 0.6 is 23.4 Å². The summed E-state index contributed by atoms with van der Waals surface area (Å²) in [4.78, 5) is 11.7. The number of ketones is 1. The average Bonchev–Trinajstić information content (AvgIpc) is 3.23. The first kappa shape index (κ1) is 21.7. The predicted molar refractivity (Wildman–Crippen MR) is 138 cm³/mol. The van der Waals surface area contributed by atoms with Crippen LogP contribution in [0.2, 0.25) is 5.02 Å². The van der Waals surface area contributed by atoms with E-state index in [1.54, 1.807) is 6.92 Å². The van der Waals surface area contributed by atoms with E-state index in [0.717, 1.165) is 40.2 Å². The fraction of sp³-hybridized carbons (Fsp3) is 0.192. The Labute approximate surface area is 202 Å². The van der Waals surface area contributed by atoms with Crippen molar-refractivity contribution in [1.29, 1.82) is 0 Å². The second-order valence-corrected chi connectivity index (χ2v) is 9.53. The molecular weight excluding hydrogens is 452 g/mol. The number of hydrogen-bond donors (Lipinski definition) is 0. The minimum absolute atomic E-state index is 0.0858. The normalized spacial score (nSPS) is 19.4. The zero-order valence-electron chi connectivity index (χ0n) is 18.6. The number of rotatable bonds is 4. The minimum atomic E-state index is -0.924. The molecule has 2 aliphatic rings. The summed E-state index contributed by atoms with van der Waals surface area (Å²) in [6.45, 7) is 5.63. The quantitative estimate of drug-likeness (QED) is 0.430. The number of halogens is 1. The van der Waals surface area contributed by atoms with E-state index in [2.05, 4.69) is 19.1 Å². The second-order valence-electron chi connectivity index (χ2n) is 7.96. The molecule has 5 rings (SSSR count). The third kappa shape index (κ3) is 3.36. The van der Waals surface area contributed by atoms with Crippen LogP contribution in [0.15, 0.2) is 83.0 Å². The first-order valence-electron chi connectivity index (χ1n) is 10.8. The summed E-state index contributed by atoms with van der Waals surface area (Å²) in [6.07, 6.45) is 0.776. The highest BCUT2D eigenvalue weighted by Crippen LogP contribution is 2.55. The van der Waals surface area contributed by atoms with E-state index in [0.29, 0.717) is 10.1 Å². The van der Waals surface area contributed by atoms with Gasteiger partial charge in [0.1, 0.15) is 0 Å². The number of nitrogens with zero attached hydrogens (tertiary/aromatic N) is 4. The van der Waals surface area contributed by atoms with Gasteiger partial charge >= 0.3 is 0 Å². The molecule has 0 fully saturated rings. The number of carbonyl (C=O) groups excluding carboxylic acids is 1. The van der Waals surface area contributed by atoms with Crippen LogP contribution in [0.1, 0.15) is 37.0 Å². The molecule has 7 heteroatoms. The van der Waals surface area contributed by atoms with Crippen molar-refractivity contribution in [2.75, 3.05) is 10.0 Å². The Balaban J connectivity index is 1.85. The molecule has 0 radical (unpaired) electrons. The van der Waals surface area contributed by atoms with E-state index in [-0.39, 0.29) is 5.78 Å². The van der Waals surface area contributed by atoms with E-state index in [1.165, 1.54) is 11.8 Å². The lowest BCUT2D eigenvalue weighted by Crippen LogP contribution is -2.54. The molecule has 1 atom stereocenters. The molecule has 0 amide bonds. The Morgan fingerprint density at radius 1 is 0.970 bits per heavy atom. The molecule has 0 N–H and O–H groups in total. The monoisotopic (exact) mass is 474 g/mol.